The molecule has 0 saturated carbocycles. The minimum Gasteiger partial charge on any atom is -0.506 e. The summed E-state index contributed by atoms with van der Waals surface area (Å²) >= 11 is 0. The monoisotopic (exact) mass is 289 g/mol. The Morgan fingerprint density at radius 1 is 1.10 bits per heavy atom. The van der Waals surface area contributed by atoms with Gasteiger partial charge in [0.15, 0.2) is 0 Å². The van der Waals surface area contributed by atoms with Crippen molar-refractivity contribution in [2.45, 2.75) is 0 Å². The SMILES string of the molecule is COC(=O)c1ccc(NC(=O)c2ccc(F)cc2)c(O)c1. The van der Waals surface area contributed by atoms with Gasteiger partial charge in [-0.05, 0) is 42.5 Å². The lowest BCUT2D eigenvalue weighted by Gasteiger charge is -2.08. The number of amides is 1. The average molecular weight is 289 g/mol. The third kappa shape index (κ3) is 3.36. The summed E-state index contributed by atoms with van der Waals surface area (Å²) in [6, 6.07) is 8.94. The van der Waals surface area contributed by atoms with Crippen molar-refractivity contribution in [1.29, 1.82) is 0 Å². The second kappa shape index (κ2) is 6.04. The first-order valence-electron chi connectivity index (χ1n) is 5.99. The highest BCUT2D eigenvalue weighted by Crippen LogP contribution is 2.25. The molecular formula is C15H12FNO4. The summed E-state index contributed by atoms with van der Waals surface area (Å²) in [5.74, 6) is -1.82. The minimum atomic E-state index is -0.596. The fourth-order valence-electron chi connectivity index (χ4n) is 1.68. The van der Waals surface area contributed by atoms with E-state index in [-0.39, 0.29) is 22.6 Å². The molecule has 0 aliphatic rings. The molecular weight excluding hydrogens is 277 g/mol. The summed E-state index contributed by atoms with van der Waals surface area (Å²) in [7, 11) is 1.23. The fraction of sp³-hybridized carbons (Fsp3) is 0.0667. The standard InChI is InChI=1S/C15H12FNO4/c1-21-15(20)10-4-7-12(13(18)8-10)17-14(19)9-2-5-11(16)6-3-9/h2-8,18H,1H3,(H,17,19). The van der Waals surface area contributed by atoms with Gasteiger partial charge >= 0.3 is 5.97 Å². The molecule has 2 N–H and O–H groups in total. The third-order valence-electron chi connectivity index (χ3n) is 2.77. The Hall–Kier alpha value is -2.89. The van der Waals surface area contributed by atoms with E-state index in [1.807, 2.05) is 0 Å². The number of hydrogen-bond donors (Lipinski definition) is 2. The maximum absolute atomic E-state index is 12.8. The third-order valence-corrected chi connectivity index (χ3v) is 2.77. The summed E-state index contributed by atoms with van der Waals surface area (Å²) in [6.07, 6.45) is 0. The Morgan fingerprint density at radius 3 is 2.29 bits per heavy atom. The van der Waals surface area contributed by atoms with Crippen LogP contribution in [-0.4, -0.2) is 24.1 Å². The second-order valence-corrected chi connectivity index (χ2v) is 4.18. The Kier molecular flexibility index (Phi) is 4.18. The van der Waals surface area contributed by atoms with Gasteiger partial charge in [-0.15, -0.1) is 0 Å². The number of nitrogens with one attached hydrogen (secondary N) is 1. The molecule has 0 bridgehead atoms. The molecule has 0 unspecified atom stereocenters. The molecule has 0 aromatic heterocycles. The first-order valence-corrected chi connectivity index (χ1v) is 5.99. The zero-order valence-corrected chi connectivity index (χ0v) is 11.1. The number of anilines is 1. The molecule has 108 valence electrons. The van der Waals surface area contributed by atoms with Gasteiger partial charge in [-0.2, -0.15) is 0 Å². The van der Waals surface area contributed by atoms with E-state index in [1.54, 1.807) is 0 Å². The molecule has 2 aromatic rings. The molecule has 0 aliphatic carbocycles. The van der Waals surface area contributed by atoms with Crippen LogP contribution >= 0.6 is 0 Å². The van der Waals surface area contributed by atoms with Gasteiger partial charge in [-0.3, -0.25) is 4.79 Å². The number of carbonyl (C=O) groups is 2. The van der Waals surface area contributed by atoms with Gasteiger partial charge in [0.25, 0.3) is 5.91 Å². The number of phenolic OH excluding ortho intramolecular Hbond substituents is 1. The topological polar surface area (TPSA) is 75.6 Å². The maximum atomic E-state index is 12.8. The van der Waals surface area contributed by atoms with Crippen molar-refractivity contribution in [3.8, 4) is 5.75 Å². The molecule has 0 spiro atoms. The fourth-order valence-corrected chi connectivity index (χ4v) is 1.68. The van der Waals surface area contributed by atoms with E-state index in [4.69, 9.17) is 0 Å². The van der Waals surface area contributed by atoms with Gasteiger partial charge < -0.3 is 15.2 Å². The smallest absolute Gasteiger partial charge is 0.337 e. The summed E-state index contributed by atoms with van der Waals surface area (Å²) in [5.41, 5.74) is 0.541. The molecule has 0 fully saturated rings. The molecule has 0 heterocycles. The predicted octanol–water partition coefficient (Wildman–Crippen LogP) is 2.57. The number of carbonyl (C=O) groups excluding carboxylic acids is 2. The molecule has 1 amide bonds. The number of hydrogen-bond acceptors (Lipinski definition) is 4. The second-order valence-electron chi connectivity index (χ2n) is 4.18. The summed E-state index contributed by atoms with van der Waals surface area (Å²) in [4.78, 5) is 23.2. The molecule has 6 heteroatoms. The van der Waals surface area contributed by atoms with Gasteiger partial charge in [0.1, 0.15) is 11.6 Å². The zero-order chi connectivity index (χ0) is 15.4. The number of aromatic hydroxyl groups is 1. The van der Waals surface area contributed by atoms with Crippen LogP contribution in [-0.2, 0) is 4.74 Å². The Labute approximate surface area is 120 Å². The average Bonchev–Trinajstić information content (AvgIpc) is 2.49. The van der Waals surface area contributed by atoms with Crippen LogP contribution in [0.1, 0.15) is 20.7 Å². The zero-order valence-electron chi connectivity index (χ0n) is 11.1. The van der Waals surface area contributed by atoms with Crippen molar-refractivity contribution >= 4 is 17.6 Å². The van der Waals surface area contributed by atoms with Crippen molar-refractivity contribution in [3.63, 3.8) is 0 Å². The summed E-state index contributed by atoms with van der Waals surface area (Å²) in [6.45, 7) is 0. The van der Waals surface area contributed by atoms with Crippen molar-refractivity contribution < 1.29 is 23.8 Å². The lowest BCUT2D eigenvalue weighted by Crippen LogP contribution is -2.12. The number of phenols is 1. The van der Waals surface area contributed by atoms with Gasteiger partial charge in [0.2, 0.25) is 0 Å². The van der Waals surface area contributed by atoms with Crippen LogP contribution in [0.25, 0.3) is 0 Å². The van der Waals surface area contributed by atoms with Crippen LogP contribution < -0.4 is 5.32 Å². The Balaban J connectivity index is 2.18. The number of methoxy groups -OCH3 is 1. The first-order chi connectivity index (χ1) is 10.0. The Bertz CT molecular complexity index is 683. The highest BCUT2D eigenvalue weighted by molar-refractivity contribution is 6.05. The van der Waals surface area contributed by atoms with Crippen molar-refractivity contribution in [2.75, 3.05) is 12.4 Å². The predicted molar refractivity (Wildman–Crippen MR) is 73.8 cm³/mol. The number of benzene rings is 2. The molecule has 0 aliphatic heterocycles. The number of ether oxygens (including phenoxy) is 1. The van der Waals surface area contributed by atoms with Crippen LogP contribution in [0, 0.1) is 5.82 Å². The largest absolute Gasteiger partial charge is 0.506 e. The molecule has 2 rings (SSSR count). The van der Waals surface area contributed by atoms with E-state index in [0.717, 1.165) is 12.1 Å². The van der Waals surface area contributed by atoms with E-state index in [1.165, 1.54) is 37.4 Å². The molecule has 0 saturated heterocycles. The highest BCUT2D eigenvalue weighted by atomic mass is 19.1. The quantitative estimate of drug-likeness (QED) is 0.672. The van der Waals surface area contributed by atoms with E-state index < -0.39 is 17.7 Å². The minimum absolute atomic E-state index is 0.136. The summed E-state index contributed by atoms with van der Waals surface area (Å²) < 4.78 is 17.3. The van der Waals surface area contributed by atoms with Crippen LogP contribution in [0.2, 0.25) is 0 Å². The van der Waals surface area contributed by atoms with Crippen LogP contribution in [0.5, 0.6) is 5.75 Å². The van der Waals surface area contributed by atoms with Crippen molar-refractivity contribution in [3.05, 3.63) is 59.4 Å². The molecule has 2 aromatic carbocycles. The van der Waals surface area contributed by atoms with Gasteiger partial charge in [-0.25, -0.2) is 9.18 Å². The molecule has 5 nitrogen and oxygen atoms in total. The maximum Gasteiger partial charge on any atom is 0.337 e. The number of rotatable bonds is 3. The normalized spacial score (nSPS) is 10.0. The van der Waals surface area contributed by atoms with E-state index in [2.05, 4.69) is 10.1 Å². The van der Waals surface area contributed by atoms with Crippen LogP contribution in [0.15, 0.2) is 42.5 Å². The van der Waals surface area contributed by atoms with E-state index >= 15 is 0 Å². The number of halogens is 1. The molecule has 0 radical (unpaired) electrons. The van der Waals surface area contributed by atoms with Crippen LogP contribution in [0.4, 0.5) is 10.1 Å². The van der Waals surface area contributed by atoms with Crippen molar-refractivity contribution in [2.24, 2.45) is 0 Å². The van der Waals surface area contributed by atoms with E-state index in [0.29, 0.717) is 0 Å². The van der Waals surface area contributed by atoms with Gasteiger partial charge in [0, 0.05) is 5.56 Å². The Morgan fingerprint density at radius 2 is 1.71 bits per heavy atom. The van der Waals surface area contributed by atoms with Crippen LogP contribution in [0.3, 0.4) is 0 Å². The lowest BCUT2D eigenvalue weighted by atomic mass is 10.1. The number of esters is 1. The van der Waals surface area contributed by atoms with Gasteiger partial charge in [-0.1, -0.05) is 0 Å². The first kappa shape index (κ1) is 14.5. The molecule has 21 heavy (non-hydrogen) atoms. The molecule has 0 atom stereocenters. The van der Waals surface area contributed by atoms with Crippen molar-refractivity contribution in [1.82, 2.24) is 0 Å². The van der Waals surface area contributed by atoms with Gasteiger partial charge in [0.05, 0.1) is 18.4 Å². The summed E-state index contributed by atoms with van der Waals surface area (Å²) in [5, 5.41) is 12.3. The van der Waals surface area contributed by atoms with E-state index in [9.17, 15) is 19.1 Å². The highest BCUT2D eigenvalue weighted by Gasteiger charge is 2.12. The lowest BCUT2D eigenvalue weighted by molar-refractivity contribution is 0.0600.